The van der Waals surface area contributed by atoms with Gasteiger partial charge >= 0.3 is 5.97 Å². The molecule has 4 heteroatoms. The molecule has 0 aromatic carbocycles. The lowest BCUT2D eigenvalue weighted by Gasteiger charge is -2.21. The zero-order valence-corrected chi connectivity index (χ0v) is 10.8. The summed E-state index contributed by atoms with van der Waals surface area (Å²) in [6.07, 6.45) is 2.56. The van der Waals surface area contributed by atoms with Crippen LogP contribution in [-0.2, 0) is 9.53 Å². The summed E-state index contributed by atoms with van der Waals surface area (Å²) in [5.74, 6) is 3.02. The van der Waals surface area contributed by atoms with Gasteiger partial charge in [0.25, 0.3) is 0 Å². The Labute approximate surface area is 102 Å². The minimum Gasteiger partial charge on any atom is -0.463 e. The maximum absolute atomic E-state index is 11.3. The topological polar surface area (TPSA) is 38.3 Å². The molecule has 92 valence electrons. The van der Waals surface area contributed by atoms with Gasteiger partial charge in [0.2, 0.25) is 0 Å². The van der Waals surface area contributed by atoms with Gasteiger partial charge in [0.15, 0.2) is 0 Å². The summed E-state index contributed by atoms with van der Waals surface area (Å²) in [4.78, 5) is 11.3. The second-order valence-electron chi connectivity index (χ2n) is 4.01. The zero-order valence-electron chi connectivity index (χ0n) is 9.96. The fourth-order valence-corrected chi connectivity index (χ4v) is 2.89. The molecule has 1 rings (SSSR count). The van der Waals surface area contributed by atoms with E-state index in [9.17, 15) is 4.79 Å². The molecule has 1 saturated heterocycles. The zero-order chi connectivity index (χ0) is 11.8. The molecular formula is C12H21NO2S. The first-order valence-electron chi connectivity index (χ1n) is 5.87. The first kappa shape index (κ1) is 13.6. The third kappa shape index (κ3) is 5.03. The van der Waals surface area contributed by atoms with Crippen molar-refractivity contribution in [1.82, 2.24) is 5.32 Å². The smallest absolute Gasteiger partial charge is 0.334 e. The summed E-state index contributed by atoms with van der Waals surface area (Å²) < 4.78 is 4.86. The molecule has 0 bridgehead atoms. The largest absolute Gasteiger partial charge is 0.463 e. The van der Waals surface area contributed by atoms with Crippen LogP contribution in [-0.4, -0.2) is 37.2 Å². The van der Waals surface area contributed by atoms with E-state index >= 15 is 0 Å². The monoisotopic (exact) mass is 243 g/mol. The number of hydrogen-bond acceptors (Lipinski definition) is 4. The molecule has 0 aromatic heterocycles. The molecule has 1 fully saturated rings. The van der Waals surface area contributed by atoms with E-state index in [-0.39, 0.29) is 5.97 Å². The van der Waals surface area contributed by atoms with E-state index in [4.69, 9.17) is 4.74 Å². The van der Waals surface area contributed by atoms with E-state index in [2.05, 4.69) is 11.9 Å². The molecular weight excluding hydrogens is 222 g/mol. The second kappa shape index (κ2) is 7.74. The Hall–Kier alpha value is -0.480. The highest BCUT2D eigenvalue weighted by Gasteiger charge is 2.14. The van der Waals surface area contributed by atoms with Crippen molar-refractivity contribution in [2.75, 3.05) is 31.2 Å². The maximum atomic E-state index is 11.3. The highest BCUT2D eigenvalue weighted by molar-refractivity contribution is 7.99. The summed E-state index contributed by atoms with van der Waals surface area (Å²) in [5.41, 5.74) is 0.520. The molecule has 1 N–H and O–H groups in total. The number of carbonyl (C=O) groups excluding carboxylic acids is 1. The van der Waals surface area contributed by atoms with Crippen molar-refractivity contribution in [2.45, 2.75) is 19.8 Å². The first-order valence-corrected chi connectivity index (χ1v) is 7.03. The minimum atomic E-state index is -0.283. The van der Waals surface area contributed by atoms with Crippen LogP contribution in [0, 0.1) is 5.92 Å². The van der Waals surface area contributed by atoms with Gasteiger partial charge in [-0.25, -0.2) is 4.79 Å². The van der Waals surface area contributed by atoms with Gasteiger partial charge < -0.3 is 10.1 Å². The summed E-state index contributed by atoms with van der Waals surface area (Å²) in [6.45, 7) is 7.46. The number of rotatable bonds is 6. The Balaban J connectivity index is 2.09. The number of esters is 1. The van der Waals surface area contributed by atoms with E-state index in [1.54, 1.807) is 6.92 Å². The quantitative estimate of drug-likeness (QED) is 0.570. The average molecular weight is 243 g/mol. The lowest BCUT2D eigenvalue weighted by molar-refractivity contribution is -0.138. The molecule has 0 atom stereocenters. The Morgan fingerprint density at radius 2 is 2.19 bits per heavy atom. The van der Waals surface area contributed by atoms with Gasteiger partial charge in [-0.05, 0) is 43.7 Å². The van der Waals surface area contributed by atoms with Gasteiger partial charge in [0.05, 0.1) is 6.61 Å². The molecule has 3 nitrogen and oxygen atoms in total. The van der Waals surface area contributed by atoms with Crippen molar-refractivity contribution < 1.29 is 9.53 Å². The number of nitrogens with one attached hydrogen (secondary N) is 1. The normalized spacial score (nSPS) is 17.1. The van der Waals surface area contributed by atoms with Gasteiger partial charge in [0, 0.05) is 12.1 Å². The van der Waals surface area contributed by atoms with Crippen LogP contribution in [0.15, 0.2) is 12.2 Å². The van der Waals surface area contributed by atoms with Gasteiger partial charge in [-0.2, -0.15) is 11.8 Å². The Kier molecular flexibility index (Phi) is 6.57. The van der Waals surface area contributed by atoms with Gasteiger partial charge in [-0.3, -0.25) is 0 Å². The summed E-state index contributed by atoms with van der Waals surface area (Å²) in [7, 11) is 0. The van der Waals surface area contributed by atoms with Crippen LogP contribution in [0.5, 0.6) is 0 Å². The highest BCUT2D eigenvalue weighted by Crippen LogP contribution is 2.21. The maximum Gasteiger partial charge on any atom is 0.334 e. The summed E-state index contributed by atoms with van der Waals surface area (Å²) in [5, 5.41) is 3.28. The summed E-state index contributed by atoms with van der Waals surface area (Å²) >= 11 is 2.03. The summed E-state index contributed by atoms with van der Waals surface area (Å²) in [6, 6.07) is 0. The third-order valence-electron chi connectivity index (χ3n) is 2.68. The van der Waals surface area contributed by atoms with Crippen molar-refractivity contribution >= 4 is 17.7 Å². The standard InChI is InChI=1S/C12H21NO2S/c1-3-15-12(14)10(2)8-13-9-11-4-6-16-7-5-11/h11,13H,2-9H2,1H3. The van der Waals surface area contributed by atoms with Gasteiger partial charge in [-0.15, -0.1) is 0 Å². The molecule has 16 heavy (non-hydrogen) atoms. The predicted molar refractivity (Wildman–Crippen MR) is 68.7 cm³/mol. The van der Waals surface area contributed by atoms with Crippen molar-refractivity contribution in [1.29, 1.82) is 0 Å². The molecule has 0 unspecified atom stereocenters. The number of hydrogen-bond donors (Lipinski definition) is 1. The van der Waals surface area contributed by atoms with Crippen LogP contribution in [0.1, 0.15) is 19.8 Å². The van der Waals surface area contributed by atoms with Crippen molar-refractivity contribution in [3.63, 3.8) is 0 Å². The van der Waals surface area contributed by atoms with Crippen molar-refractivity contribution in [3.05, 3.63) is 12.2 Å². The Bertz CT molecular complexity index is 237. The Morgan fingerprint density at radius 1 is 1.50 bits per heavy atom. The van der Waals surface area contributed by atoms with Crippen LogP contribution in [0.2, 0.25) is 0 Å². The van der Waals surface area contributed by atoms with E-state index in [1.807, 2.05) is 11.8 Å². The van der Waals surface area contributed by atoms with Crippen LogP contribution in [0.3, 0.4) is 0 Å². The van der Waals surface area contributed by atoms with Crippen molar-refractivity contribution in [2.24, 2.45) is 5.92 Å². The molecule has 0 amide bonds. The molecule has 1 aliphatic heterocycles. The fraction of sp³-hybridized carbons (Fsp3) is 0.750. The lowest BCUT2D eigenvalue weighted by Crippen LogP contribution is -2.29. The number of ether oxygens (including phenoxy) is 1. The van der Waals surface area contributed by atoms with E-state index in [0.29, 0.717) is 18.7 Å². The fourth-order valence-electron chi connectivity index (χ4n) is 1.68. The number of thioether (sulfide) groups is 1. The van der Waals surface area contributed by atoms with Crippen LogP contribution < -0.4 is 5.32 Å². The SMILES string of the molecule is C=C(CNCC1CCSCC1)C(=O)OCC. The Morgan fingerprint density at radius 3 is 2.81 bits per heavy atom. The molecule has 1 heterocycles. The first-order chi connectivity index (χ1) is 7.74. The molecule has 0 aliphatic carbocycles. The molecule has 0 aromatic rings. The third-order valence-corrected chi connectivity index (χ3v) is 3.73. The van der Waals surface area contributed by atoms with Crippen molar-refractivity contribution in [3.8, 4) is 0 Å². The molecule has 1 aliphatic rings. The van der Waals surface area contributed by atoms with Gasteiger partial charge in [-0.1, -0.05) is 6.58 Å². The molecule has 0 spiro atoms. The van der Waals surface area contributed by atoms with Crippen LogP contribution in [0.4, 0.5) is 0 Å². The van der Waals surface area contributed by atoms with E-state index < -0.39 is 0 Å². The average Bonchev–Trinajstić information content (AvgIpc) is 2.30. The minimum absolute atomic E-state index is 0.283. The molecule has 0 saturated carbocycles. The van der Waals surface area contributed by atoms with E-state index in [0.717, 1.165) is 12.5 Å². The van der Waals surface area contributed by atoms with E-state index in [1.165, 1.54) is 24.3 Å². The van der Waals surface area contributed by atoms with Crippen LogP contribution >= 0.6 is 11.8 Å². The number of carbonyl (C=O) groups is 1. The molecule has 0 radical (unpaired) electrons. The van der Waals surface area contributed by atoms with Gasteiger partial charge in [0.1, 0.15) is 0 Å². The predicted octanol–water partition coefficient (Wildman–Crippen LogP) is 1.84. The van der Waals surface area contributed by atoms with Crippen LogP contribution in [0.25, 0.3) is 0 Å². The lowest BCUT2D eigenvalue weighted by atomic mass is 10.0. The highest BCUT2D eigenvalue weighted by atomic mass is 32.2. The second-order valence-corrected chi connectivity index (χ2v) is 5.24.